The maximum Gasteiger partial charge on any atom is 0.418 e. The van der Waals surface area contributed by atoms with Crippen molar-refractivity contribution in [1.29, 1.82) is 5.26 Å². The molecule has 18 heavy (non-hydrogen) atoms. The molecule has 0 fully saturated rings. The van der Waals surface area contributed by atoms with Crippen LogP contribution in [0.4, 0.5) is 27.8 Å². The number of nitro groups is 1. The Morgan fingerprint density at radius 3 is 2.33 bits per heavy atom. The summed E-state index contributed by atoms with van der Waals surface area (Å²) >= 11 is 0. The third-order valence-electron chi connectivity index (χ3n) is 1.89. The van der Waals surface area contributed by atoms with E-state index in [4.69, 9.17) is 5.26 Å². The fourth-order valence-electron chi connectivity index (χ4n) is 1.26. The molecule has 1 aromatic heterocycles. The summed E-state index contributed by atoms with van der Waals surface area (Å²) in [4.78, 5) is 11.7. The molecule has 0 aliphatic carbocycles. The van der Waals surface area contributed by atoms with Gasteiger partial charge in [-0.05, 0) is 9.91 Å². The molecular formula is C8H2F5N3O2. The van der Waals surface area contributed by atoms with E-state index in [9.17, 15) is 32.1 Å². The second kappa shape index (κ2) is 4.52. The summed E-state index contributed by atoms with van der Waals surface area (Å²) in [6.45, 7) is 0. The zero-order valence-electron chi connectivity index (χ0n) is 8.20. The molecule has 1 rings (SSSR count). The summed E-state index contributed by atoms with van der Waals surface area (Å²) in [7, 11) is 0. The molecule has 10 heteroatoms. The highest BCUT2D eigenvalue weighted by atomic mass is 19.4. The van der Waals surface area contributed by atoms with E-state index in [0.29, 0.717) is 0 Å². The average Bonchev–Trinajstić information content (AvgIpc) is 2.25. The Labute approximate surface area is 95.6 Å². The SMILES string of the molecule is N#Cc1cnc([N+](=O)[O-])c(C(F)F)c1C(F)(F)F. The van der Waals surface area contributed by atoms with Gasteiger partial charge in [-0.2, -0.15) is 18.4 Å². The quantitative estimate of drug-likeness (QED) is 0.468. The topological polar surface area (TPSA) is 79.8 Å². The molecule has 0 saturated carbocycles. The van der Waals surface area contributed by atoms with E-state index >= 15 is 0 Å². The maximum absolute atomic E-state index is 12.6. The number of hydrogen-bond acceptors (Lipinski definition) is 4. The number of halogens is 5. The highest BCUT2D eigenvalue weighted by Crippen LogP contribution is 2.41. The maximum atomic E-state index is 12.6. The van der Waals surface area contributed by atoms with Crippen molar-refractivity contribution in [3.8, 4) is 6.07 Å². The first-order chi connectivity index (χ1) is 8.20. The summed E-state index contributed by atoms with van der Waals surface area (Å²) in [5.74, 6) is -1.61. The molecule has 0 atom stereocenters. The van der Waals surface area contributed by atoms with Crippen molar-refractivity contribution < 1.29 is 26.9 Å². The lowest BCUT2D eigenvalue weighted by Gasteiger charge is -2.12. The van der Waals surface area contributed by atoms with Crippen molar-refractivity contribution in [3.63, 3.8) is 0 Å². The molecule has 0 aliphatic rings. The van der Waals surface area contributed by atoms with Crippen LogP contribution in [-0.2, 0) is 6.18 Å². The summed E-state index contributed by atoms with van der Waals surface area (Å²) in [5.41, 5.74) is -5.11. The minimum absolute atomic E-state index is 0.243. The van der Waals surface area contributed by atoms with E-state index < -0.39 is 40.0 Å². The monoisotopic (exact) mass is 267 g/mol. The van der Waals surface area contributed by atoms with Gasteiger partial charge in [-0.3, -0.25) is 0 Å². The number of hydrogen-bond donors (Lipinski definition) is 0. The Hall–Kier alpha value is -2.31. The molecular weight excluding hydrogens is 265 g/mol. The number of nitriles is 1. The summed E-state index contributed by atoms with van der Waals surface area (Å²) in [5, 5.41) is 18.8. The van der Waals surface area contributed by atoms with Crippen LogP contribution in [0.15, 0.2) is 6.20 Å². The van der Waals surface area contributed by atoms with Crippen molar-refractivity contribution in [2.75, 3.05) is 0 Å². The first-order valence-corrected chi connectivity index (χ1v) is 4.12. The lowest BCUT2D eigenvalue weighted by molar-refractivity contribution is -0.391. The smallest absolute Gasteiger partial charge is 0.358 e. The summed E-state index contributed by atoms with van der Waals surface area (Å²) in [6.07, 6.45) is -8.85. The van der Waals surface area contributed by atoms with Gasteiger partial charge < -0.3 is 10.1 Å². The number of rotatable bonds is 2. The first kappa shape index (κ1) is 13.8. The van der Waals surface area contributed by atoms with E-state index in [1.807, 2.05) is 0 Å². The van der Waals surface area contributed by atoms with Crippen LogP contribution in [0.3, 0.4) is 0 Å². The minimum Gasteiger partial charge on any atom is -0.358 e. The van der Waals surface area contributed by atoms with Crippen LogP contribution in [0.25, 0.3) is 0 Å². The minimum atomic E-state index is -5.31. The largest absolute Gasteiger partial charge is 0.418 e. The van der Waals surface area contributed by atoms with Crippen molar-refractivity contribution >= 4 is 5.82 Å². The zero-order chi connectivity index (χ0) is 14.1. The Bertz CT molecular complexity index is 535. The Morgan fingerprint density at radius 2 is 2.00 bits per heavy atom. The Morgan fingerprint density at radius 1 is 1.44 bits per heavy atom. The van der Waals surface area contributed by atoms with Crippen molar-refractivity contribution in [3.05, 3.63) is 33.0 Å². The van der Waals surface area contributed by atoms with Crippen LogP contribution in [0.2, 0.25) is 0 Å². The number of pyridine rings is 1. The van der Waals surface area contributed by atoms with Gasteiger partial charge in [0.05, 0.1) is 5.56 Å². The summed E-state index contributed by atoms with van der Waals surface area (Å²) < 4.78 is 62.8. The van der Waals surface area contributed by atoms with Crippen molar-refractivity contribution in [2.45, 2.75) is 12.6 Å². The molecule has 0 saturated heterocycles. The van der Waals surface area contributed by atoms with Gasteiger partial charge in [-0.15, -0.1) is 0 Å². The lowest BCUT2D eigenvalue weighted by Crippen LogP contribution is -2.15. The predicted molar refractivity (Wildman–Crippen MR) is 45.6 cm³/mol. The number of alkyl halides is 5. The molecule has 0 aliphatic heterocycles. The average molecular weight is 267 g/mol. The molecule has 1 aromatic rings. The number of nitrogens with zero attached hydrogens (tertiary/aromatic N) is 3. The van der Waals surface area contributed by atoms with Crippen LogP contribution < -0.4 is 0 Å². The van der Waals surface area contributed by atoms with Gasteiger partial charge in [0, 0.05) is 0 Å². The fraction of sp³-hybridized carbons (Fsp3) is 0.250. The first-order valence-electron chi connectivity index (χ1n) is 4.12. The Kier molecular flexibility index (Phi) is 3.45. The van der Waals surface area contributed by atoms with Crippen LogP contribution in [0.5, 0.6) is 0 Å². The predicted octanol–water partition coefficient (Wildman–Crippen LogP) is 2.82. The van der Waals surface area contributed by atoms with E-state index in [2.05, 4.69) is 4.98 Å². The standard InChI is InChI=1S/C8H2F5N3O2/c9-6(10)4-5(8(11,12)13)3(1-14)2-15-7(4)16(17)18/h2,6H. The van der Waals surface area contributed by atoms with Gasteiger partial charge in [0.2, 0.25) is 0 Å². The lowest BCUT2D eigenvalue weighted by atomic mass is 10.0. The normalized spacial score (nSPS) is 11.4. The molecule has 0 radical (unpaired) electrons. The molecule has 0 unspecified atom stereocenters. The van der Waals surface area contributed by atoms with Gasteiger partial charge in [-0.25, -0.2) is 8.78 Å². The zero-order valence-corrected chi connectivity index (χ0v) is 8.20. The molecule has 0 N–H and O–H groups in total. The van der Waals surface area contributed by atoms with Crippen LogP contribution in [-0.4, -0.2) is 9.91 Å². The molecule has 0 aromatic carbocycles. The van der Waals surface area contributed by atoms with Crippen molar-refractivity contribution in [2.24, 2.45) is 0 Å². The second-order valence-electron chi connectivity index (χ2n) is 2.95. The van der Waals surface area contributed by atoms with Crippen LogP contribution in [0, 0.1) is 21.4 Å². The van der Waals surface area contributed by atoms with E-state index in [0.717, 1.165) is 6.07 Å². The third-order valence-corrected chi connectivity index (χ3v) is 1.89. The van der Waals surface area contributed by atoms with Gasteiger partial charge in [0.25, 0.3) is 6.43 Å². The molecule has 0 bridgehead atoms. The van der Waals surface area contributed by atoms with Gasteiger partial charge in [0.1, 0.15) is 17.2 Å². The van der Waals surface area contributed by atoms with Gasteiger partial charge >= 0.3 is 12.0 Å². The van der Waals surface area contributed by atoms with Gasteiger partial charge in [-0.1, -0.05) is 0 Å². The fourth-order valence-corrected chi connectivity index (χ4v) is 1.26. The molecule has 5 nitrogen and oxygen atoms in total. The van der Waals surface area contributed by atoms with Crippen LogP contribution >= 0.6 is 0 Å². The Balaban J connectivity index is 3.78. The number of aromatic nitrogens is 1. The highest BCUT2D eigenvalue weighted by Gasteiger charge is 2.43. The molecule has 0 spiro atoms. The van der Waals surface area contributed by atoms with Crippen LogP contribution in [0.1, 0.15) is 23.1 Å². The molecule has 96 valence electrons. The van der Waals surface area contributed by atoms with Crippen molar-refractivity contribution in [1.82, 2.24) is 4.98 Å². The van der Waals surface area contributed by atoms with E-state index in [-0.39, 0.29) is 6.20 Å². The van der Waals surface area contributed by atoms with E-state index in [1.54, 1.807) is 0 Å². The second-order valence-corrected chi connectivity index (χ2v) is 2.95. The summed E-state index contributed by atoms with van der Waals surface area (Å²) in [6, 6.07) is 1.03. The highest BCUT2D eigenvalue weighted by molar-refractivity contribution is 5.50. The molecule has 1 heterocycles. The third kappa shape index (κ3) is 2.34. The van der Waals surface area contributed by atoms with Gasteiger partial charge in [0.15, 0.2) is 6.20 Å². The van der Waals surface area contributed by atoms with E-state index in [1.165, 1.54) is 0 Å². The molecule has 0 amide bonds.